The molecule has 1 aliphatic rings. The van der Waals surface area contributed by atoms with Crippen molar-refractivity contribution in [3.63, 3.8) is 0 Å². The highest BCUT2D eigenvalue weighted by atomic mass is 16.5. The fourth-order valence-corrected chi connectivity index (χ4v) is 2.32. The Labute approximate surface area is 116 Å². The van der Waals surface area contributed by atoms with Crippen molar-refractivity contribution in [2.24, 2.45) is 0 Å². The van der Waals surface area contributed by atoms with Crippen LogP contribution in [0.3, 0.4) is 0 Å². The highest BCUT2D eigenvalue weighted by molar-refractivity contribution is 5.87. The van der Waals surface area contributed by atoms with E-state index in [1.54, 1.807) is 19.1 Å². The molecule has 0 saturated carbocycles. The molecule has 0 radical (unpaired) electrons. The average Bonchev–Trinajstić information content (AvgIpc) is 2.45. The Morgan fingerprint density at radius 3 is 2.45 bits per heavy atom. The van der Waals surface area contributed by atoms with Gasteiger partial charge < -0.3 is 20.1 Å². The molecule has 1 aliphatic heterocycles. The maximum absolute atomic E-state index is 9.70. The minimum absolute atomic E-state index is 0.148. The highest BCUT2D eigenvalue weighted by Gasteiger charge is 2.19. The van der Waals surface area contributed by atoms with Crippen molar-refractivity contribution in [3.05, 3.63) is 47.0 Å². The quantitative estimate of drug-likeness (QED) is 0.697. The molecule has 4 heteroatoms. The third-order valence-corrected chi connectivity index (χ3v) is 3.43. The van der Waals surface area contributed by atoms with E-state index < -0.39 is 0 Å². The van der Waals surface area contributed by atoms with Gasteiger partial charge in [0.2, 0.25) is 0 Å². The molecule has 0 aliphatic carbocycles. The first kappa shape index (κ1) is 12.4. The zero-order chi connectivity index (χ0) is 14.3. The normalized spacial score (nSPS) is 13.3. The number of aromatic hydroxyl groups is 3. The largest absolute Gasteiger partial charge is 0.508 e. The van der Waals surface area contributed by atoms with Crippen LogP contribution in [0.15, 0.2) is 30.3 Å². The van der Waals surface area contributed by atoms with Crippen LogP contribution >= 0.6 is 0 Å². The van der Waals surface area contributed by atoms with Gasteiger partial charge in [0, 0.05) is 11.1 Å². The van der Waals surface area contributed by atoms with Gasteiger partial charge in [0.1, 0.15) is 18.1 Å². The summed E-state index contributed by atoms with van der Waals surface area (Å²) in [5.74, 6) is 0.492. The van der Waals surface area contributed by atoms with Crippen LogP contribution in [0.2, 0.25) is 0 Å². The zero-order valence-corrected chi connectivity index (χ0v) is 10.9. The van der Waals surface area contributed by atoms with Gasteiger partial charge in [-0.1, -0.05) is 12.1 Å². The Kier molecular flexibility index (Phi) is 2.79. The van der Waals surface area contributed by atoms with Crippen molar-refractivity contribution < 1.29 is 20.1 Å². The van der Waals surface area contributed by atoms with Crippen molar-refractivity contribution in [2.45, 2.75) is 6.92 Å². The lowest BCUT2D eigenvalue weighted by Gasteiger charge is -2.21. The van der Waals surface area contributed by atoms with E-state index in [0.29, 0.717) is 17.9 Å². The van der Waals surface area contributed by atoms with Gasteiger partial charge >= 0.3 is 0 Å². The molecule has 0 spiro atoms. The van der Waals surface area contributed by atoms with Crippen LogP contribution in [0.1, 0.15) is 16.7 Å². The van der Waals surface area contributed by atoms with Crippen LogP contribution in [0.5, 0.6) is 23.0 Å². The van der Waals surface area contributed by atoms with E-state index in [-0.39, 0.29) is 17.2 Å². The summed E-state index contributed by atoms with van der Waals surface area (Å²) < 4.78 is 5.69. The maximum Gasteiger partial charge on any atom is 0.164 e. The van der Waals surface area contributed by atoms with Crippen LogP contribution in [-0.2, 0) is 0 Å². The van der Waals surface area contributed by atoms with Gasteiger partial charge in [0.25, 0.3) is 0 Å². The van der Waals surface area contributed by atoms with Crippen molar-refractivity contribution in [1.29, 1.82) is 0 Å². The molecule has 0 aromatic heterocycles. The first-order chi connectivity index (χ1) is 9.56. The number of phenolic OH excluding ortho intramolecular Hbond substituents is 3. The van der Waals surface area contributed by atoms with Gasteiger partial charge in [-0.2, -0.15) is 0 Å². The summed E-state index contributed by atoms with van der Waals surface area (Å²) in [7, 11) is 0. The van der Waals surface area contributed by atoms with Crippen LogP contribution in [0.4, 0.5) is 0 Å². The molecule has 0 atom stereocenters. The monoisotopic (exact) mass is 270 g/mol. The average molecular weight is 270 g/mol. The molecule has 102 valence electrons. The molecule has 3 rings (SSSR count). The summed E-state index contributed by atoms with van der Waals surface area (Å²) in [6.45, 7) is 2.08. The van der Waals surface area contributed by atoms with E-state index in [4.69, 9.17) is 4.74 Å². The highest BCUT2D eigenvalue weighted by Crippen LogP contribution is 2.42. The molecular formula is C16H14O4. The second-order valence-electron chi connectivity index (χ2n) is 4.79. The Hall–Kier alpha value is -2.62. The predicted octanol–water partition coefficient (Wildman–Crippen LogP) is 3.04. The summed E-state index contributed by atoms with van der Waals surface area (Å²) in [6.07, 6.45) is 1.91. The van der Waals surface area contributed by atoms with Gasteiger partial charge in [-0.3, -0.25) is 0 Å². The first-order valence-electron chi connectivity index (χ1n) is 6.24. The third kappa shape index (κ3) is 1.95. The summed E-state index contributed by atoms with van der Waals surface area (Å²) in [5, 5.41) is 28.7. The van der Waals surface area contributed by atoms with Gasteiger partial charge in [-0.15, -0.1) is 0 Å². The van der Waals surface area contributed by atoms with E-state index in [1.807, 2.05) is 18.2 Å². The second-order valence-corrected chi connectivity index (χ2v) is 4.79. The number of hydrogen-bond acceptors (Lipinski definition) is 4. The summed E-state index contributed by atoms with van der Waals surface area (Å²) >= 11 is 0. The summed E-state index contributed by atoms with van der Waals surface area (Å²) in [4.78, 5) is 0. The number of rotatable bonds is 1. The molecule has 0 saturated heterocycles. The number of phenols is 3. The summed E-state index contributed by atoms with van der Waals surface area (Å²) in [5.41, 5.74) is 3.15. The van der Waals surface area contributed by atoms with Crippen molar-refractivity contribution in [3.8, 4) is 23.0 Å². The molecule has 2 aromatic rings. The second kappa shape index (κ2) is 4.49. The number of fused-ring (bicyclic) bond motifs is 1. The predicted molar refractivity (Wildman–Crippen MR) is 76.0 cm³/mol. The van der Waals surface area contributed by atoms with Gasteiger partial charge in [-0.25, -0.2) is 0 Å². The molecular weight excluding hydrogens is 256 g/mol. The number of benzene rings is 2. The van der Waals surface area contributed by atoms with Crippen molar-refractivity contribution >= 4 is 11.6 Å². The fraction of sp³-hybridized carbons (Fsp3) is 0.125. The molecule has 0 unspecified atom stereocenters. The van der Waals surface area contributed by atoms with E-state index in [0.717, 1.165) is 16.7 Å². The topological polar surface area (TPSA) is 69.9 Å². The minimum atomic E-state index is -0.159. The number of hydrogen-bond donors (Lipinski definition) is 3. The Balaban J connectivity index is 2.08. The maximum atomic E-state index is 9.70. The fourth-order valence-electron chi connectivity index (χ4n) is 2.32. The van der Waals surface area contributed by atoms with E-state index in [2.05, 4.69) is 0 Å². The molecule has 0 amide bonds. The Morgan fingerprint density at radius 1 is 1.05 bits per heavy atom. The van der Waals surface area contributed by atoms with Crippen LogP contribution < -0.4 is 4.74 Å². The lowest BCUT2D eigenvalue weighted by Crippen LogP contribution is -2.08. The molecule has 0 bridgehead atoms. The molecule has 20 heavy (non-hydrogen) atoms. The third-order valence-electron chi connectivity index (χ3n) is 3.43. The van der Waals surface area contributed by atoms with Gasteiger partial charge in [0.05, 0.1) is 0 Å². The van der Waals surface area contributed by atoms with Gasteiger partial charge in [-0.05, 0) is 42.3 Å². The van der Waals surface area contributed by atoms with E-state index in [1.165, 1.54) is 6.07 Å². The van der Waals surface area contributed by atoms with Crippen LogP contribution in [0.25, 0.3) is 11.6 Å². The van der Waals surface area contributed by atoms with Crippen LogP contribution in [0, 0.1) is 6.92 Å². The Morgan fingerprint density at radius 2 is 1.75 bits per heavy atom. The minimum Gasteiger partial charge on any atom is -0.508 e. The van der Waals surface area contributed by atoms with E-state index >= 15 is 0 Å². The molecule has 1 heterocycles. The van der Waals surface area contributed by atoms with Crippen molar-refractivity contribution in [1.82, 2.24) is 0 Å². The summed E-state index contributed by atoms with van der Waals surface area (Å²) in [6, 6.07) is 8.33. The van der Waals surface area contributed by atoms with E-state index in [9.17, 15) is 15.3 Å². The smallest absolute Gasteiger partial charge is 0.164 e. The number of ether oxygens (including phenoxy) is 1. The lowest BCUT2D eigenvalue weighted by atomic mass is 9.98. The van der Waals surface area contributed by atoms with Crippen LogP contribution in [-0.4, -0.2) is 21.9 Å². The molecule has 3 N–H and O–H groups in total. The lowest BCUT2D eigenvalue weighted by molar-refractivity contribution is 0.351. The Bertz CT molecular complexity index is 699. The van der Waals surface area contributed by atoms with Crippen molar-refractivity contribution in [2.75, 3.05) is 6.61 Å². The molecule has 2 aromatic carbocycles. The molecule has 4 nitrogen and oxygen atoms in total. The zero-order valence-electron chi connectivity index (χ0n) is 10.9. The standard InChI is InChI=1S/C16H14O4/c1-9-15(19)14(18)7-11-6-12(8-20-16(9)11)10-2-4-13(17)5-3-10/h2-7,17-19H,8H2,1H3. The first-order valence-corrected chi connectivity index (χ1v) is 6.24. The van der Waals surface area contributed by atoms with Gasteiger partial charge in [0.15, 0.2) is 11.5 Å². The SMILES string of the molecule is Cc1c(O)c(O)cc2c1OCC(c1ccc(O)cc1)=C2. The molecule has 0 fully saturated rings.